The lowest BCUT2D eigenvalue weighted by molar-refractivity contribution is -0.158. The van der Waals surface area contributed by atoms with E-state index in [1.54, 1.807) is 0 Å². The topological polar surface area (TPSA) is 81.6 Å². The van der Waals surface area contributed by atoms with Crippen LogP contribution in [0.4, 0.5) is 11.8 Å². The number of carboxylic acids is 1. The summed E-state index contributed by atoms with van der Waals surface area (Å²) >= 11 is 13.1. The number of likely N-dealkylation sites (tertiary alicyclic amines) is 1. The number of carboxylic acid groups (broad SMARTS) is 1. The molecule has 37 heavy (non-hydrogen) atoms. The number of aliphatic carboxylic acids is 1. The summed E-state index contributed by atoms with van der Waals surface area (Å²) < 4.78 is 0. The summed E-state index contributed by atoms with van der Waals surface area (Å²) in [7, 11) is 0. The minimum atomic E-state index is -0.657. The molecule has 2 atom stereocenters. The van der Waals surface area contributed by atoms with Crippen LogP contribution in [-0.4, -0.2) is 58.2 Å². The Morgan fingerprint density at radius 1 is 1.16 bits per heavy atom. The fraction of sp³-hybridized carbons (Fsp3) is 0.607. The lowest BCUT2D eigenvalue weighted by Gasteiger charge is -2.52. The van der Waals surface area contributed by atoms with Gasteiger partial charge in [0.15, 0.2) is 5.82 Å². The monoisotopic (exact) mass is 545 g/mol. The van der Waals surface area contributed by atoms with Crippen molar-refractivity contribution < 1.29 is 9.90 Å². The van der Waals surface area contributed by atoms with Crippen LogP contribution in [0.1, 0.15) is 62.4 Å². The first-order valence-electron chi connectivity index (χ1n) is 13.3. The van der Waals surface area contributed by atoms with E-state index in [2.05, 4.69) is 28.1 Å². The number of nitrogens with one attached hydrogen (secondary N) is 1. The Morgan fingerprint density at radius 3 is 2.57 bits per heavy atom. The molecular weight excluding hydrogens is 509 g/mol. The van der Waals surface area contributed by atoms with Gasteiger partial charge >= 0.3 is 5.97 Å². The summed E-state index contributed by atoms with van der Waals surface area (Å²) in [4.78, 5) is 25.8. The van der Waals surface area contributed by atoms with E-state index >= 15 is 0 Å². The van der Waals surface area contributed by atoms with Crippen LogP contribution < -0.4 is 10.2 Å². The zero-order chi connectivity index (χ0) is 26.5. The zero-order valence-electron chi connectivity index (χ0n) is 22.1. The maximum atomic E-state index is 11.5. The minimum absolute atomic E-state index is 0.0559. The second kappa shape index (κ2) is 10.2. The van der Waals surface area contributed by atoms with Gasteiger partial charge < -0.3 is 20.2 Å². The van der Waals surface area contributed by atoms with Gasteiger partial charge in [-0.25, -0.2) is 4.98 Å². The van der Waals surface area contributed by atoms with Crippen molar-refractivity contribution in [3.05, 3.63) is 45.1 Å². The summed E-state index contributed by atoms with van der Waals surface area (Å²) in [6, 6.07) is 6.42. The molecule has 3 heterocycles. The first kappa shape index (κ1) is 26.5. The molecule has 2 saturated heterocycles. The predicted molar refractivity (Wildman–Crippen MR) is 149 cm³/mol. The largest absolute Gasteiger partial charge is 0.481 e. The van der Waals surface area contributed by atoms with Gasteiger partial charge in [0.25, 0.3) is 0 Å². The van der Waals surface area contributed by atoms with E-state index in [1.807, 2.05) is 32.9 Å². The maximum Gasteiger partial charge on any atom is 0.309 e. The van der Waals surface area contributed by atoms with Crippen LogP contribution >= 0.6 is 23.2 Å². The fourth-order valence-corrected chi connectivity index (χ4v) is 6.73. The van der Waals surface area contributed by atoms with E-state index in [1.165, 1.54) is 12.8 Å². The molecule has 1 aliphatic carbocycles. The van der Waals surface area contributed by atoms with Crippen LogP contribution in [0.15, 0.2) is 18.2 Å². The van der Waals surface area contributed by atoms with Crippen molar-refractivity contribution in [2.45, 2.75) is 65.5 Å². The van der Waals surface area contributed by atoms with Crippen molar-refractivity contribution in [1.82, 2.24) is 14.9 Å². The average Bonchev–Trinajstić information content (AvgIpc) is 2.79. The molecule has 2 aliphatic heterocycles. The number of halogens is 2. The molecule has 2 unspecified atom stereocenters. The first-order valence-corrected chi connectivity index (χ1v) is 14.1. The summed E-state index contributed by atoms with van der Waals surface area (Å²) in [5, 5.41) is 14.2. The Bertz CT molecular complexity index is 1180. The van der Waals surface area contributed by atoms with E-state index in [0.29, 0.717) is 34.7 Å². The number of carbonyl (C=O) groups is 1. The quantitative estimate of drug-likeness (QED) is 0.443. The predicted octanol–water partition coefficient (Wildman–Crippen LogP) is 5.97. The SMILES string of the molecule is Cc1ccc(C(C)Nc2nc(N3CC(C4CCCN(C5CC(C)(C(=O)O)C5)C4)C3)nc(C)c2Cl)c(Cl)c1. The number of hydrogen-bond donors (Lipinski definition) is 2. The van der Waals surface area contributed by atoms with Crippen LogP contribution in [0.25, 0.3) is 0 Å². The molecule has 0 amide bonds. The van der Waals surface area contributed by atoms with E-state index < -0.39 is 11.4 Å². The molecule has 1 aromatic heterocycles. The molecule has 9 heteroatoms. The number of benzene rings is 1. The van der Waals surface area contributed by atoms with Crippen LogP contribution in [0.5, 0.6) is 0 Å². The number of aromatic nitrogens is 2. The van der Waals surface area contributed by atoms with Crippen molar-refractivity contribution in [1.29, 1.82) is 0 Å². The molecule has 3 aliphatic rings. The lowest BCUT2D eigenvalue weighted by Crippen LogP contribution is -2.58. The smallest absolute Gasteiger partial charge is 0.309 e. The van der Waals surface area contributed by atoms with Gasteiger partial charge in [-0.2, -0.15) is 4.98 Å². The highest BCUT2D eigenvalue weighted by atomic mass is 35.5. The Kier molecular flexibility index (Phi) is 7.33. The second-order valence-corrected chi connectivity index (χ2v) is 12.4. The van der Waals surface area contributed by atoms with Crippen LogP contribution in [0, 0.1) is 31.1 Å². The Balaban J connectivity index is 1.20. The standard InChI is InChI=1S/C28H37Cl2N5O2/c1-16-7-8-22(23(29)10-16)17(2)31-25-24(30)18(3)32-27(33-25)35-14-20(15-35)19-6-5-9-34(13-19)21-11-28(4,12-21)26(36)37/h7-8,10,17,19-21H,5-6,9,11-15H2,1-4H3,(H,36,37)(H,31,32,33). The van der Waals surface area contributed by atoms with Crippen molar-refractivity contribution >= 4 is 40.9 Å². The van der Waals surface area contributed by atoms with Gasteiger partial charge in [-0.3, -0.25) is 4.79 Å². The summed E-state index contributed by atoms with van der Waals surface area (Å²) in [6.07, 6.45) is 3.96. The molecule has 7 nitrogen and oxygen atoms in total. The highest BCUT2D eigenvalue weighted by Crippen LogP contribution is 2.45. The van der Waals surface area contributed by atoms with Crippen molar-refractivity contribution in [3.63, 3.8) is 0 Å². The van der Waals surface area contributed by atoms with Crippen molar-refractivity contribution in [2.24, 2.45) is 17.3 Å². The number of anilines is 2. The summed E-state index contributed by atoms with van der Waals surface area (Å²) in [6.45, 7) is 11.9. The molecule has 0 radical (unpaired) electrons. The van der Waals surface area contributed by atoms with Crippen LogP contribution in [0.3, 0.4) is 0 Å². The minimum Gasteiger partial charge on any atom is -0.481 e. The third-order valence-corrected chi connectivity index (χ3v) is 9.51. The van der Waals surface area contributed by atoms with Gasteiger partial charge in [0.05, 0.1) is 17.2 Å². The zero-order valence-corrected chi connectivity index (χ0v) is 23.6. The molecule has 1 saturated carbocycles. The van der Waals surface area contributed by atoms with Crippen molar-refractivity contribution in [3.8, 4) is 0 Å². The molecule has 5 rings (SSSR count). The molecule has 0 bridgehead atoms. The van der Waals surface area contributed by atoms with Gasteiger partial charge in [-0.15, -0.1) is 0 Å². The average molecular weight is 547 g/mol. The third-order valence-electron chi connectivity index (χ3n) is 8.73. The Labute approximate surface area is 229 Å². The van der Waals surface area contributed by atoms with E-state index in [9.17, 15) is 9.90 Å². The molecule has 2 N–H and O–H groups in total. The summed E-state index contributed by atoms with van der Waals surface area (Å²) in [5.74, 6) is 1.93. The lowest BCUT2D eigenvalue weighted by atomic mass is 9.65. The second-order valence-electron chi connectivity index (χ2n) is 11.7. The molecule has 1 aromatic carbocycles. The highest BCUT2D eigenvalue weighted by molar-refractivity contribution is 6.33. The number of aryl methyl sites for hydroxylation is 2. The van der Waals surface area contributed by atoms with E-state index in [-0.39, 0.29) is 6.04 Å². The van der Waals surface area contributed by atoms with Gasteiger partial charge in [0.2, 0.25) is 5.95 Å². The third kappa shape index (κ3) is 5.27. The number of nitrogens with zero attached hydrogens (tertiary/aromatic N) is 4. The number of rotatable bonds is 7. The maximum absolute atomic E-state index is 11.5. The molecular formula is C28H37Cl2N5O2. The number of hydrogen-bond acceptors (Lipinski definition) is 6. The van der Waals surface area contributed by atoms with Crippen LogP contribution in [0.2, 0.25) is 10.0 Å². The normalized spacial score (nSPS) is 27.4. The van der Waals surface area contributed by atoms with Gasteiger partial charge in [0.1, 0.15) is 5.02 Å². The van der Waals surface area contributed by atoms with Crippen LogP contribution in [-0.2, 0) is 4.79 Å². The molecule has 3 fully saturated rings. The molecule has 0 spiro atoms. The first-order chi connectivity index (χ1) is 17.5. The highest BCUT2D eigenvalue weighted by Gasteiger charge is 2.49. The molecule has 200 valence electrons. The van der Waals surface area contributed by atoms with Gasteiger partial charge in [-0.1, -0.05) is 35.3 Å². The summed E-state index contributed by atoms with van der Waals surface area (Å²) in [5.41, 5.74) is 2.35. The number of piperidine rings is 1. The van der Waals surface area contributed by atoms with Gasteiger partial charge in [0, 0.05) is 30.7 Å². The molecule has 2 aromatic rings. The Hall–Kier alpha value is -2.09. The fourth-order valence-electron chi connectivity index (χ4n) is 6.19. The van der Waals surface area contributed by atoms with Crippen molar-refractivity contribution in [2.75, 3.05) is 36.4 Å². The Morgan fingerprint density at radius 2 is 1.89 bits per heavy atom. The van der Waals surface area contributed by atoms with Gasteiger partial charge in [-0.05, 0) is 89.0 Å². The van der Waals surface area contributed by atoms with E-state index in [4.69, 9.17) is 33.2 Å². The van der Waals surface area contributed by atoms with E-state index in [0.717, 1.165) is 60.9 Å².